The van der Waals surface area contributed by atoms with Gasteiger partial charge in [-0.3, -0.25) is 0 Å². The summed E-state index contributed by atoms with van der Waals surface area (Å²) in [5.41, 5.74) is 6.69. The molecule has 0 N–H and O–H groups in total. The number of rotatable bonds is 2. The molecule has 0 saturated heterocycles. The maximum absolute atomic E-state index is 2.25. The van der Waals surface area contributed by atoms with Gasteiger partial charge in [0.15, 0.2) is 0 Å². The van der Waals surface area contributed by atoms with Gasteiger partial charge in [-0.2, -0.15) is 0 Å². The molecule has 0 bridgehead atoms. The highest BCUT2D eigenvalue weighted by Gasteiger charge is 2.08. The van der Waals surface area contributed by atoms with Gasteiger partial charge in [0.05, 0.1) is 0 Å². The zero-order valence-electron chi connectivity index (χ0n) is 12.9. The Hall–Kier alpha value is -2.34. The Morgan fingerprint density at radius 2 is 1.33 bits per heavy atom. The van der Waals surface area contributed by atoms with E-state index >= 15 is 0 Å². The van der Waals surface area contributed by atoms with Crippen molar-refractivity contribution in [2.45, 2.75) is 20.8 Å². The largest absolute Gasteiger partial charge is 0.0622 e. The van der Waals surface area contributed by atoms with Crippen molar-refractivity contribution in [1.29, 1.82) is 0 Å². The summed E-state index contributed by atoms with van der Waals surface area (Å²) in [6.07, 6.45) is 0. The number of hydrogen-bond donors (Lipinski definition) is 0. The van der Waals surface area contributed by atoms with E-state index in [2.05, 4.69) is 87.5 Å². The Kier molecular flexibility index (Phi) is 3.62. The summed E-state index contributed by atoms with van der Waals surface area (Å²) < 4.78 is 0. The number of allylic oxidation sites excluding steroid dienone is 2. The minimum atomic E-state index is 1.29. The first-order chi connectivity index (χ1) is 10.2. The fraction of sp³-hybridized carbons (Fsp3) is 0.143. The van der Waals surface area contributed by atoms with Crippen LogP contribution in [0.5, 0.6) is 0 Å². The second kappa shape index (κ2) is 5.57. The van der Waals surface area contributed by atoms with Crippen LogP contribution in [0.25, 0.3) is 21.9 Å². The Bertz CT molecular complexity index is 808. The molecule has 0 spiro atoms. The molecule has 0 aliphatic heterocycles. The lowest BCUT2D eigenvalue weighted by Gasteiger charge is -2.13. The van der Waals surface area contributed by atoms with Crippen molar-refractivity contribution in [3.8, 4) is 0 Å². The van der Waals surface area contributed by atoms with Crippen molar-refractivity contribution in [3.63, 3.8) is 0 Å². The lowest BCUT2D eigenvalue weighted by atomic mass is 9.91. The van der Waals surface area contributed by atoms with Crippen LogP contribution >= 0.6 is 0 Å². The molecule has 0 aromatic heterocycles. The molecule has 0 nitrogen and oxygen atoms in total. The van der Waals surface area contributed by atoms with E-state index in [0.717, 1.165) is 0 Å². The second-order valence-corrected chi connectivity index (χ2v) is 5.58. The second-order valence-electron chi connectivity index (χ2n) is 5.58. The minimum absolute atomic E-state index is 1.29. The van der Waals surface area contributed by atoms with Gasteiger partial charge in [0.1, 0.15) is 0 Å². The Labute approximate surface area is 126 Å². The van der Waals surface area contributed by atoms with Crippen LogP contribution in [0.2, 0.25) is 0 Å². The van der Waals surface area contributed by atoms with Gasteiger partial charge < -0.3 is 0 Å². The van der Waals surface area contributed by atoms with E-state index in [9.17, 15) is 0 Å². The van der Waals surface area contributed by atoms with Gasteiger partial charge in [0, 0.05) is 0 Å². The molecule has 104 valence electrons. The predicted molar refractivity (Wildman–Crippen MR) is 93.3 cm³/mol. The third-order valence-corrected chi connectivity index (χ3v) is 4.37. The summed E-state index contributed by atoms with van der Waals surface area (Å²) in [5.74, 6) is 0. The van der Waals surface area contributed by atoms with Crippen molar-refractivity contribution in [2.24, 2.45) is 0 Å². The van der Waals surface area contributed by atoms with Crippen molar-refractivity contribution >= 4 is 21.9 Å². The van der Waals surface area contributed by atoms with E-state index in [0.29, 0.717) is 0 Å². The lowest BCUT2D eigenvalue weighted by molar-refractivity contribution is 1.44. The van der Waals surface area contributed by atoms with Gasteiger partial charge >= 0.3 is 0 Å². The molecule has 0 aliphatic rings. The smallest absolute Gasteiger partial charge is 0.0149 e. The molecule has 3 aromatic rings. The molecule has 21 heavy (non-hydrogen) atoms. The first-order valence-corrected chi connectivity index (χ1v) is 7.40. The quantitative estimate of drug-likeness (QED) is 0.494. The van der Waals surface area contributed by atoms with Crippen LogP contribution in [0.4, 0.5) is 0 Å². The highest BCUT2D eigenvalue weighted by Crippen LogP contribution is 2.31. The van der Waals surface area contributed by atoms with E-state index in [1.165, 1.54) is 38.6 Å². The summed E-state index contributed by atoms with van der Waals surface area (Å²) in [6.45, 7) is 6.65. The molecule has 0 aliphatic carbocycles. The number of fused-ring (bicyclic) bond motifs is 1. The summed E-state index contributed by atoms with van der Waals surface area (Å²) in [7, 11) is 0. The average Bonchev–Trinajstić information content (AvgIpc) is 2.55. The molecule has 0 fully saturated rings. The van der Waals surface area contributed by atoms with Gasteiger partial charge in [-0.1, -0.05) is 66.7 Å². The first-order valence-electron chi connectivity index (χ1n) is 7.40. The van der Waals surface area contributed by atoms with Crippen LogP contribution in [0.1, 0.15) is 30.5 Å². The molecule has 0 saturated carbocycles. The van der Waals surface area contributed by atoms with Gasteiger partial charge in [0.25, 0.3) is 0 Å². The zero-order valence-corrected chi connectivity index (χ0v) is 12.9. The van der Waals surface area contributed by atoms with Gasteiger partial charge in [-0.15, -0.1) is 0 Å². The van der Waals surface area contributed by atoms with E-state index < -0.39 is 0 Å². The SMILES string of the molecule is C/C(=C(/C)c1ccc2ccccc2c1C)c1ccccc1. The van der Waals surface area contributed by atoms with E-state index in [1.807, 2.05) is 0 Å². The summed E-state index contributed by atoms with van der Waals surface area (Å²) in [5, 5.41) is 2.65. The van der Waals surface area contributed by atoms with Crippen LogP contribution < -0.4 is 0 Å². The van der Waals surface area contributed by atoms with Crippen LogP contribution in [0, 0.1) is 6.92 Å². The van der Waals surface area contributed by atoms with Gasteiger partial charge in [-0.05, 0) is 59.4 Å². The maximum Gasteiger partial charge on any atom is -0.0149 e. The van der Waals surface area contributed by atoms with Crippen LogP contribution in [0.15, 0.2) is 66.7 Å². The Balaban J connectivity index is 2.18. The normalized spacial score (nSPS) is 12.3. The van der Waals surface area contributed by atoms with Gasteiger partial charge in [0.2, 0.25) is 0 Å². The molecule has 0 radical (unpaired) electrons. The van der Waals surface area contributed by atoms with Gasteiger partial charge in [-0.25, -0.2) is 0 Å². The fourth-order valence-corrected chi connectivity index (χ4v) is 2.94. The maximum atomic E-state index is 2.25. The molecule has 0 unspecified atom stereocenters. The zero-order chi connectivity index (χ0) is 14.8. The molecule has 0 heteroatoms. The lowest BCUT2D eigenvalue weighted by Crippen LogP contribution is -1.91. The molecule has 3 aromatic carbocycles. The molecular formula is C21H20. The number of aryl methyl sites for hydroxylation is 1. The number of benzene rings is 3. The van der Waals surface area contributed by atoms with Crippen LogP contribution in [0.3, 0.4) is 0 Å². The topological polar surface area (TPSA) is 0 Å². The highest BCUT2D eigenvalue weighted by atomic mass is 14.1. The highest BCUT2D eigenvalue weighted by molar-refractivity contribution is 5.95. The average molecular weight is 272 g/mol. The summed E-state index contributed by atoms with van der Waals surface area (Å²) in [4.78, 5) is 0. The molecule has 0 heterocycles. The third kappa shape index (κ3) is 2.50. The summed E-state index contributed by atoms with van der Waals surface area (Å²) in [6, 6.07) is 23.7. The molecular weight excluding hydrogens is 252 g/mol. The van der Waals surface area contributed by atoms with Crippen molar-refractivity contribution < 1.29 is 0 Å². The van der Waals surface area contributed by atoms with Crippen molar-refractivity contribution in [3.05, 3.63) is 83.4 Å². The molecule has 0 amide bonds. The van der Waals surface area contributed by atoms with Crippen molar-refractivity contribution in [1.82, 2.24) is 0 Å². The van der Waals surface area contributed by atoms with Crippen LogP contribution in [-0.2, 0) is 0 Å². The Morgan fingerprint density at radius 3 is 2.10 bits per heavy atom. The Morgan fingerprint density at radius 1 is 0.667 bits per heavy atom. The number of hydrogen-bond acceptors (Lipinski definition) is 0. The van der Waals surface area contributed by atoms with Crippen LogP contribution in [-0.4, -0.2) is 0 Å². The monoisotopic (exact) mass is 272 g/mol. The third-order valence-electron chi connectivity index (χ3n) is 4.37. The van der Waals surface area contributed by atoms with E-state index in [1.54, 1.807) is 0 Å². The van der Waals surface area contributed by atoms with Crippen molar-refractivity contribution in [2.75, 3.05) is 0 Å². The minimum Gasteiger partial charge on any atom is -0.0622 e. The van der Waals surface area contributed by atoms with E-state index in [4.69, 9.17) is 0 Å². The molecule has 0 atom stereocenters. The van der Waals surface area contributed by atoms with E-state index in [-0.39, 0.29) is 0 Å². The standard InChI is InChI=1S/C21H20/c1-15(18-9-5-4-6-10-18)16(2)20-14-13-19-11-7-8-12-21(19)17(20)3/h4-14H,1-3H3/b16-15+. The predicted octanol–water partition coefficient (Wildman–Crippen LogP) is 6.10. The first kappa shape index (κ1) is 13.6. The summed E-state index contributed by atoms with van der Waals surface area (Å²) >= 11 is 0. The fourth-order valence-electron chi connectivity index (χ4n) is 2.94. The molecule has 3 rings (SSSR count).